The number of rotatable bonds is 3. The van der Waals surface area contributed by atoms with Crippen molar-refractivity contribution in [2.45, 2.75) is 39.2 Å². The first-order chi connectivity index (χ1) is 8.11. The number of carbonyl (C=O) groups is 2. The summed E-state index contributed by atoms with van der Waals surface area (Å²) < 4.78 is 0. The predicted octanol–water partition coefficient (Wildman–Crippen LogP) is 1.96. The van der Waals surface area contributed by atoms with Gasteiger partial charge in [-0.05, 0) is 13.3 Å². The van der Waals surface area contributed by atoms with Gasteiger partial charge < -0.3 is 4.90 Å². The molecule has 2 rings (SSSR count). The van der Waals surface area contributed by atoms with Crippen LogP contribution in [0.25, 0.3) is 0 Å². The van der Waals surface area contributed by atoms with Crippen LogP contribution in [0.15, 0.2) is 6.20 Å². The lowest BCUT2D eigenvalue weighted by molar-refractivity contribution is -0.141. The fourth-order valence-corrected chi connectivity index (χ4v) is 2.87. The van der Waals surface area contributed by atoms with Crippen LogP contribution in [0.3, 0.4) is 0 Å². The Hall–Kier alpha value is -1.23. The Labute approximate surface area is 105 Å². The Bertz CT molecular complexity index is 441. The minimum absolute atomic E-state index is 0.0131. The van der Waals surface area contributed by atoms with Crippen molar-refractivity contribution in [2.75, 3.05) is 6.54 Å². The average molecular weight is 252 g/mol. The van der Waals surface area contributed by atoms with E-state index in [0.717, 1.165) is 11.4 Å². The quantitative estimate of drug-likeness (QED) is 0.773. The van der Waals surface area contributed by atoms with E-state index in [1.54, 1.807) is 16.2 Å². The summed E-state index contributed by atoms with van der Waals surface area (Å²) in [6, 6.07) is -0.0131. The summed E-state index contributed by atoms with van der Waals surface area (Å²) >= 11 is 1.65. The second kappa shape index (κ2) is 4.96. The highest BCUT2D eigenvalue weighted by Gasteiger charge is 2.29. The number of ketones is 1. The number of hydrogen-bond donors (Lipinski definition) is 0. The molecular formula is C12H16N2O2S. The summed E-state index contributed by atoms with van der Waals surface area (Å²) in [5.74, 6) is -0.0196. The topological polar surface area (TPSA) is 50.3 Å². The molecule has 0 N–H and O–H groups in total. The van der Waals surface area contributed by atoms with E-state index in [9.17, 15) is 9.59 Å². The molecule has 1 aliphatic rings. The zero-order valence-electron chi connectivity index (χ0n) is 10.1. The van der Waals surface area contributed by atoms with Gasteiger partial charge in [0.2, 0.25) is 5.91 Å². The van der Waals surface area contributed by atoms with Crippen molar-refractivity contribution < 1.29 is 9.59 Å². The van der Waals surface area contributed by atoms with Crippen LogP contribution in [0.1, 0.15) is 42.6 Å². The van der Waals surface area contributed by atoms with Crippen molar-refractivity contribution in [1.82, 2.24) is 9.88 Å². The Balaban J connectivity index is 2.11. The lowest BCUT2D eigenvalue weighted by Crippen LogP contribution is -2.40. The minimum Gasteiger partial charge on any atom is -0.333 e. The highest BCUT2D eigenvalue weighted by atomic mass is 32.1. The van der Waals surface area contributed by atoms with Crippen molar-refractivity contribution in [3.05, 3.63) is 16.1 Å². The molecule has 0 aromatic carbocycles. The van der Waals surface area contributed by atoms with Crippen molar-refractivity contribution in [1.29, 1.82) is 0 Å². The van der Waals surface area contributed by atoms with Crippen molar-refractivity contribution in [3.63, 3.8) is 0 Å². The third-order valence-corrected chi connectivity index (χ3v) is 4.36. The molecule has 0 radical (unpaired) electrons. The lowest BCUT2D eigenvalue weighted by atomic mass is 10.1. The Morgan fingerprint density at radius 2 is 2.29 bits per heavy atom. The normalized spacial score (nSPS) is 18.6. The van der Waals surface area contributed by atoms with Crippen LogP contribution in [0.2, 0.25) is 0 Å². The van der Waals surface area contributed by atoms with Gasteiger partial charge in [0.25, 0.3) is 0 Å². The first-order valence-electron chi connectivity index (χ1n) is 5.87. The van der Waals surface area contributed by atoms with E-state index in [1.165, 1.54) is 4.88 Å². The van der Waals surface area contributed by atoms with Gasteiger partial charge in [-0.25, -0.2) is 4.98 Å². The SMILES string of the molecule is CCc1cnc(C(C)N2CCC(=O)CC2=O)s1. The number of hydrogen-bond acceptors (Lipinski definition) is 4. The van der Waals surface area contributed by atoms with Crippen molar-refractivity contribution in [3.8, 4) is 0 Å². The number of likely N-dealkylation sites (tertiary alicyclic amines) is 1. The largest absolute Gasteiger partial charge is 0.333 e. The molecule has 17 heavy (non-hydrogen) atoms. The summed E-state index contributed by atoms with van der Waals surface area (Å²) in [4.78, 5) is 30.3. The van der Waals surface area contributed by atoms with Crippen LogP contribution in [0, 0.1) is 0 Å². The number of nitrogens with zero attached hydrogens (tertiary/aromatic N) is 2. The number of carbonyl (C=O) groups excluding carboxylic acids is 2. The average Bonchev–Trinajstić information content (AvgIpc) is 2.76. The van der Waals surface area contributed by atoms with Crippen LogP contribution in [-0.4, -0.2) is 28.1 Å². The van der Waals surface area contributed by atoms with Gasteiger partial charge >= 0.3 is 0 Å². The molecule has 1 saturated heterocycles. The third-order valence-electron chi connectivity index (χ3n) is 3.05. The summed E-state index contributed by atoms with van der Waals surface area (Å²) in [6.45, 7) is 4.60. The molecule has 1 aromatic rings. The fourth-order valence-electron chi connectivity index (χ4n) is 1.95. The van der Waals surface area contributed by atoms with E-state index >= 15 is 0 Å². The molecule has 1 aromatic heterocycles. The van der Waals surface area contributed by atoms with Gasteiger partial charge in [0, 0.05) is 24.0 Å². The maximum Gasteiger partial charge on any atom is 0.230 e. The molecule has 1 amide bonds. The molecule has 1 fully saturated rings. The molecule has 0 bridgehead atoms. The van der Waals surface area contributed by atoms with Gasteiger partial charge in [-0.3, -0.25) is 9.59 Å². The summed E-state index contributed by atoms with van der Waals surface area (Å²) in [7, 11) is 0. The summed E-state index contributed by atoms with van der Waals surface area (Å²) in [6.07, 6.45) is 3.37. The Kier molecular flexibility index (Phi) is 3.57. The number of piperidine rings is 1. The highest BCUT2D eigenvalue weighted by Crippen LogP contribution is 2.27. The molecule has 0 spiro atoms. The zero-order valence-corrected chi connectivity index (χ0v) is 10.9. The Morgan fingerprint density at radius 1 is 1.53 bits per heavy atom. The molecule has 1 aliphatic heterocycles. The monoisotopic (exact) mass is 252 g/mol. The fraction of sp³-hybridized carbons (Fsp3) is 0.583. The smallest absolute Gasteiger partial charge is 0.230 e. The molecular weight excluding hydrogens is 236 g/mol. The number of thiazole rings is 1. The van der Waals surface area contributed by atoms with Crippen LogP contribution in [0.4, 0.5) is 0 Å². The Morgan fingerprint density at radius 3 is 2.88 bits per heavy atom. The molecule has 1 unspecified atom stereocenters. The minimum atomic E-state index is -0.0676. The van der Waals surface area contributed by atoms with Crippen LogP contribution >= 0.6 is 11.3 Å². The van der Waals surface area contributed by atoms with Gasteiger partial charge in [0.1, 0.15) is 10.8 Å². The van der Waals surface area contributed by atoms with Gasteiger partial charge in [-0.15, -0.1) is 11.3 Å². The maximum absolute atomic E-state index is 11.8. The summed E-state index contributed by atoms with van der Waals surface area (Å²) in [5, 5.41) is 0.963. The number of aryl methyl sites for hydroxylation is 1. The van der Waals surface area contributed by atoms with E-state index in [4.69, 9.17) is 0 Å². The molecule has 92 valence electrons. The first-order valence-corrected chi connectivity index (χ1v) is 6.69. The molecule has 1 atom stereocenters. The summed E-state index contributed by atoms with van der Waals surface area (Å²) in [5.41, 5.74) is 0. The molecule has 2 heterocycles. The van der Waals surface area contributed by atoms with Crippen LogP contribution < -0.4 is 0 Å². The van der Waals surface area contributed by atoms with E-state index in [-0.39, 0.29) is 24.2 Å². The first kappa shape index (κ1) is 12.2. The van der Waals surface area contributed by atoms with Gasteiger partial charge in [-0.1, -0.05) is 6.92 Å². The van der Waals surface area contributed by atoms with Crippen molar-refractivity contribution >= 4 is 23.0 Å². The lowest BCUT2D eigenvalue weighted by Gasteiger charge is -2.30. The van der Waals surface area contributed by atoms with Gasteiger partial charge in [0.15, 0.2) is 0 Å². The third kappa shape index (κ3) is 2.54. The highest BCUT2D eigenvalue weighted by molar-refractivity contribution is 7.11. The number of aromatic nitrogens is 1. The molecule has 4 nitrogen and oxygen atoms in total. The zero-order chi connectivity index (χ0) is 12.4. The molecule has 0 saturated carbocycles. The predicted molar refractivity (Wildman–Crippen MR) is 65.9 cm³/mol. The maximum atomic E-state index is 11.8. The van der Waals surface area contributed by atoms with Crippen LogP contribution in [-0.2, 0) is 16.0 Å². The molecule has 0 aliphatic carbocycles. The van der Waals surface area contributed by atoms with E-state index in [0.29, 0.717) is 13.0 Å². The standard InChI is InChI=1S/C12H16N2O2S/c1-3-10-7-13-12(17-10)8(2)14-5-4-9(15)6-11(14)16/h7-8H,3-6H2,1-2H3. The van der Waals surface area contributed by atoms with E-state index in [1.807, 2.05) is 13.1 Å². The van der Waals surface area contributed by atoms with Gasteiger partial charge in [0.05, 0.1) is 12.5 Å². The van der Waals surface area contributed by atoms with E-state index < -0.39 is 0 Å². The van der Waals surface area contributed by atoms with Crippen LogP contribution in [0.5, 0.6) is 0 Å². The van der Waals surface area contributed by atoms with E-state index in [2.05, 4.69) is 11.9 Å². The van der Waals surface area contributed by atoms with Crippen molar-refractivity contribution in [2.24, 2.45) is 0 Å². The number of Topliss-reactive ketones (excluding diaryl/α,β-unsaturated/α-hetero) is 1. The second-order valence-corrected chi connectivity index (χ2v) is 5.39. The van der Waals surface area contributed by atoms with Gasteiger partial charge in [-0.2, -0.15) is 0 Å². The second-order valence-electron chi connectivity index (χ2n) is 4.25. The number of amides is 1. The molecule has 5 heteroatoms.